The summed E-state index contributed by atoms with van der Waals surface area (Å²) in [6.45, 7) is 2.08. The van der Waals surface area contributed by atoms with Crippen molar-refractivity contribution in [3.8, 4) is 12.3 Å². The van der Waals surface area contributed by atoms with Crippen LogP contribution in [-0.2, 0) is 6.54 Å². The van der Waals surface area contributed by atoms with Crippen molar-refractivity contribution in [2.75, 3.05) is 0 Å². The van der Waals surface area contributed by atoms with E-state index < -0.39 is 10.7 Å². The molecular formula is C12H13FN2O2. The van der Waals surface area contributed by atoms with E-state index in [0.717, 1.165) is 18.2 Å². The minimum atomic E-state index is -0.534. The normalized spacial score (nSPS) is 11.8. The Balaban J connectivity index is 2.86. The van der Waals surface area contributed by atoms with E-state index >= 15 is 0 Å². The van der Waals surface area contributed by atoms with Crippen LogP contribution in [0.1, 0.15) is 18.9 Å². The average molecular weight is 236 g/mol. The van der Waals surface area contributed by atoms with E-state index in [2.05, 4.69) is 11.2 Å². The van der Waals surface area contributed by atoms with Crippen LogP contribution in [0.15, 0.2) is 18.2 Å². The topological polar surface area (TPSA) is 55.2 Å². The molecule has 0 saturated heterocycles. The lowest BCUT2D eigenvalue weighted by atomic mass is 10.1. The molecule has 1 aromatic rings. The zero-order valence-electron chi connectivity index (χ0n) is 9.44. The second kappa shape index (κ2) is 5.97. The van der Waals surface area contributed by atoms with Gasteiger partial charge in [0.15, 0.2) is 0 Å². The smallest absolute Gasteiger partial charge is 0.274 e. The van der Waals surface area contributed by atoms with E-state index in [1.807, 2.05) is 6.92 Å². The van der Waals surface area contributed by atoms with Gasteiger partial charge in [-0.05, 0) is 18.6 Å². The third-order valence-electron chi connectivity index (χ3n) is 2.39. The standard InChI is InChI=1S/C12H13FN2O2/c1-3-11(4-2)14-8-9-7-10(13)5-6-12(9)15(16)17/h1,5-7,11,14H,4,8H2,2H3. The van der Waals surface area contributed by atoms with E-state index in [-0.39, 0.29) is 18.3 Å². The number of nitrogens with one attached hydrogen (secondary N) is 1. The average Bonchev–Trinajstić information content (AvgIpc) is 2.30. The predicted octanol–water partition coefficient (Wildman–Crippen LogP) is 2.24. The van der Waals surface area contributed by atoms with Crippen molar-refractivity contribution in [1.82, 2.24) is 5.32 Å². The van der Waals surface area contributed by atoms with Crippen molar-refractivity contribution in [1.29, 1.82) is 0 Å². The highest BCUT2D eigenvalue weighted by atomic mass is 19.1. The SMILES string of the molecule is C#CC(CC)NCc1cc(F)ccc1[N+](=O)[O-]. The fraction of sp³-hybridized carbons (Fsp3) is 0.333. The van der Waals surface area contributed by atoms with Gasteiger partial charge < -0.3 is 0 Å². The molecule has 1 unspecified atom stereocenters. The Hall–Kier alpha value is -1.93. The Morgan fingerprint density at radius 3 is 2.88 bits per heavy atom. The van der Waals surface area contributed by atoms with Crippen LogP contribution in [0.2, 0.25) is 0 Å². The molecule has 0 saturated carbocycles. The molecule has 1 N–H and O–H groups in total. The maximum Gasteiger partial charge on any atom is 0.274 e. The first-order valence-corrected chi connectivity index (χ1v) is 5.20. The molecule has 17 heavy (non-hydrogen) atoms. The number of nitrogens with zero attached hydrogens (tertiary/aromatic N) is 1. The van der Waals surface area contributed by atoms with Gasteiger partial charge in [0, 0.05) is 18.2 Å². The van der Waals surface area contributed by atoms with Crippen molar-refractivity contribution in [2.45, 2.75) is 25.9 Å². The molecule has 90 valence electrons. The zero-order valence-corrected chi connectivity index (χ0v) is 9.44. The van der Waals surface area contributed by atoms with E-state index in [0.29, 0.717) is 12.0 Å². The van der Waals surface area contributed by atoms with Crippen LogP contribution in [0.3, 0.4) is 0 Å². The quantitative estimate of drug-likeness (QED) is 0.484. The molecule has 0 aromatic heterocycles. The molecule has 1 aromatic carbocycles. The van der Waals surface area contributed by atoms with Gasteiger partial charge in [-0.2, -0.15) is 0 Å². The Bertz CT molecular complexity index is 454. The van der Waals surface area contributed by atoms with Gasteiger partial charge in [0.1, 0.15) is 5.82 Å². The van der Waals surface area contributed by atoms with Crippen LogP contribution in [0.5, 0.6) is 0 Å². The number of rotatable bonds is 5. The molecule has 1 atom stereocenters. The summed E-state index contributed by atoms with van der Waals surface area (Å²) in [6, 6.07) is 3.20. The molecule has 1 rings (SSSR count). The minimum absolute atomic E-state index is 0.106. The number of nitro benzene ring substituents is 1. The Morgan fingerprint density at radius 2 is 2.35 bits per heavy atom. The molecule has 0 amide bonds. The van der Waals surface area contributed by atoms with E-state index in [4.69, 9.17) is 6.42 Å². The van der Waals surface area contributed by atoms with E-state index in [9.17, 15) is 14.5 Å². The Morgan fingerprint density at radius 1 is 1.65 bits per heavy atom. The van der Waals surface area contributed by atoms with Gasteiger partial charge in [-0.1, -0.05) is 12.8 Å². The first-order chi connectivity index (χ1) is 8.08. The van der Waals surface area contributed by atoms with Crippen molar-refractivity contribution in [3.05, 3.63) is 39.7 Å². The van der Waals surface area contributed by atoms with Crippen LogP contribution in [0, 0.1) is 28.3 Å². The number of benzene rings is 1. The van der Waals surface area contributed by atoms with Crippen molar-refractivity contribution in [2.24, 2.45) is 0 Å². The monoisotopic (exact) mass is 236 g/mol. The minimum Gasteiger partial charge on any atom is -0.299 e. The summed E-state index contributed by atoms with van der Waals surface area (Å²) in [5.41, 5.74) is 0.189. The van der Waals surface area contributed by atoms with Crippen LogP contribution in [0.25, 0.3) is 0 Å². The largest absolute Gasteiger partial charge is 0.299 e. The second-order valence-corrected chi connectivity index (χ2v) is 3.54. The molecule has 0 fully saturated rings. The van der Waals surface area contributed by atoms with Gasteiger partial charge in [0.25, 0.3) is 5.69 Å². The molecule has 0 aliphatic carbocycles. The van der Waals surface area contributed by atoms with E-state index in [1.54, 1.807) is 0 Å². The van der Waals surface area contributed by atoms with Gasteiger partial charge in [-0.15, -0.1) is 6.42 Å². The van der Waals surface area contributed by atoms with Gasteiger partial charge in [-0.3, -0.25) is 15.4 Å². The van der Waals surface area contributed by atoms with Crippen LogP contribution in [-0.4, -0.2) is 11.0 Å². The number of terminal acetylenes is 1. The summed E-state index contributed by atoms with van der Waals surface area (Å²) in [5, 5.41) is 13.7. The Kier molecular flexibility index (Phi) is 4.61. The highest BCUT2D eigenvalue weighted by molar-refractivity contribution is 5.40. The van der Waals surface area contributed by atoms with Crippen molar-refractivity contribution >= 4 is 5.69 Å². The van der Waals surface area contributed by atoms with Crippen molar-refractivity contribution in [3.63, 3.8) is 0 Å². The van der Waals surface area contributed by atoms with Gasteiger partial charge in [0.05, 0.1) is 11.0 Å². The lowest BCUT2D eigenvalue weighted by molar-refractivity contribution is -0.385. The lowest BCUT2D eigenvalue weighted by Gasteiger charge is -2.10. The lowest BCUT2D eigenvalue weighted by Crippen LogP contribution is -2.26. The van der Waals surface area contributed by atoms with Crippen LogP contribution in [0.4, 0.5) is 10.1 Å². The summed E-state index contributed by atoms with van der Waals surface area (Å²) in [4.78, 5) is 10.2. The fourth-order valence-corrected chi connectivity index (χ4v) is 1.43. The number of halogens is 1. The van der Waals surface area contributed by atoms with E-state index in [1.165, 1.54) is 0 Å². The second-order valence-electron chi connectivity index (χ2n) is 3.54. The Labute approximate surface area is 99.0 Å². The summed E-state index contributed by atoms with van der Waals surface area (Å²) < 4.78 is 13.0. The highest BCUT2D eigenvalue weighted by Gasteiger charge is 2.14. The molecule has 0 aliphatic rings. The zero-order chi connectivity index (χ0) is 12.8. The summed E-state index contributed by atoms with van der Waals surface area (Å²) >= 11 is 0. The number of hydrogen-bond acceptors (Lipinski definition) is 3. The first-order valence-electron chi connectivity index (χ1n) is 5.20. The molecule has 5 heteroatoms. The summed E-state index contributed by atoms with van der Waals surface area (Å²) in [7, 11) is 0. The molecule has 4 nitrogen and oxygen atoms in total. The molecule has 0 radical (unpaired) electrons. The molecule has 0 bridgehead atoms. The van der Waals surface area contributed by atoms with Gasteiger partial charge >= 0.3 is 0 Å². The summed E-state index contributed by atoms with van der Waals surface area (Å²) in [6.07, 6.45) is 5.96. The van der Waals surface area contributed by atoms with Crippen molar-refractivity contribution < 1.29 is 9.31 Å². The molecule has 0 aliphatic heterocycles. The van der Waals surface area contributed by atoms with Crippen LogP contribution < -0.4 is 5.32 Å². The third-order valence-corrected chi connectivity index (χ3v) is 2.39. The molecule has 0 heterocycles. The summed E-state index contributed by atoms with van der Waals surface area (Å²) in [5.74, 6) is 2.01. The number of nitro groups is 1. The first kappa shape index (κ1) is 13.1. The molecular weight excluding hydrogens is 223 g/mol. The number of hydrogen-bond donors (Lipinski definition) is 1. The maximum absolute atomic E-state index is 13.0. The van der Waals surface area contributed by atoms with Crippen LogP contribution >= 0.6 is 0 Å². The fourth-order valence-electron chi connectivity index (χ4n) is 1.43. The van der Waals surface area contributed by atoms with Gasteiger partial charge in [-0.25, -0.2) is 4.39 Å². The third kappa shape index (κ3) is 3.54. The molecule has 0 spiro atoms. The predicted molar refractivity (Wildman–Crippen MR) is 62.8 cm³/mol. The highest BCUT2D eigenvalue weighted by Crippen LogP contribution is 2.19. The van der Waals surface area contributed by atoms with Gasteiger partial charge in [0.2, 0.25) is 0 Å². The maximum atomic E-state index is 13.0.